The predicted octanol–water partition coefficient (Wildman–Crippen LogP) is 4.13. The van der Waals surface area contributed by atoms with E-state index in [0.29, 0.717) is 22.2 Å². The maximum absolute atomic E-state index is 13.1. The van der Waals surface area contributed by atoms with E-state index in [-0.39, 0.29) is 5.91 Å². The van der Waals surface area contributed by atoms with Crippen LogP contribution in [0.5, 0.6) is 11.5 Å². The molecular formula is C20H23ClN2O3. The number of methoxy groups -OCH3 is 2. The van der Waals surface area contributed by atoms with Gasteiger partial charge in [0.1, 0.15) is 17.5 Å². The average Bonchev–Trinajstić information content (AvgIpc) is 3.21. The summed E-state index contributed by atoms with van der Waals surface area (Å²) in [6.07, 6.45) is 2.09. The van der Waals surface area contributed by atoms with Gasteiger partial charge in [-0.3, -0.25) is 4.79 Å². The molecule has 1 aliphatic heterocycles. The summed E-state index contributed by atoms with van der Waals surface area (Å²) >= 11 is 6.28. The maximum Gasteiger partial charge on any atom is 0.249 e. The van der Waals surface area contributed by atoms with Crippen molar-refractivity contribution in [2.75, 3.05) is 32.6 Å². The van der Waals surface area contributed by atoms with Gasteiger partial charge in [-0.25, -0.2) is 0 Å². The second-order valence-corrected chi connectivity index (χ2v) is 6.61. The van der Waals surface area contributed by atoms with Gasteiger partial charge >= 0.3 is 0 Å². The van der Waals surface area contributed by atoms with Crippen LogP contribution in [0.1, 0.15) is 24.4 Å². The van der Waals surface area contributed by atoms with Gasteiger partial charge in [-0.2, -0.15) is 0 Å². The maximum atomic E-state index is 13.1. The fourth-order valence-electron chi connectivity index (χ4n) is 3.18. The molecule has 0 radical (unpaired) electrons. The number of benzene rings is 2. The van der Waals surface area contributed by atoms with E-state index in [1.807, 2.05) is 35.2 Å². The first-order chi connectivity index (χ1) is 12.6. The fraction of sp³-hybridized carbons (Fsp3) is 0.350. The molecule has 1 aliphatic rings. The Labute approximate surface area is 158 Å². The first kappa shape index (κ1) is 18.4. The van der Waals surface area contributed by atoms with Gasteiger partial charge in [0.2, 0.25) is 5.91 Å². The van der Waals surface area contributed by atoms with E-state index in [9.17, 15) is 4.79 Å². The van der Waals surface area contributed by atoms with Crippen LogP contribution in [0.15, 0.2) is 42.5 Å². The van der Waals surface area contributed by atoms with Gasteiger partial charge in [0.15, 0.2) is 0 Å². The van der Waals surface area contributed by atoms with E-state index < -0.39 is 6.04 Å². The Balaban J connectivity index is 1.95. The first-order valence-corrected chi connectivity index (χ1v) is 9.03. The Hall–Kier alpha value is -2.40. The number of rotatable bonds is 6. The van der Waals surface area contributed by atoms with Gasteiger partial charge < -0.3 is 19.7 Å². The predicted molar refractivity (Wildman–Crippen MR) is 103 cm³/mol. The van der Waals surface area contributed by atoms with E-state index in [1.165, 1.54) is 0 Å². The third kappa shape index (κ3) is 3.88. The summed E-state index contributed by atoms with van der Waals surface area (Å²) in [7, 11) is 3.13. The highest BCUT2D eigenvalue weighted by atomic mass is 35.5. The van der Waals surface area contributed by atoms with Gasteiger partial charge in [0.05, 0.1) is 24.9 Å². The number of likely N-dealkylation sites (tertiary alicyclic amines) is 1. The third-order valence-electron chi connectivity index (χ3n) is 4.57. The van der Waals surface area contributed by atoms with Gasteiger partial charge in [0, 0.05) is 19.2 Å². The summed E-state index contributed by atoms with van der Waals surface area (Å²) in [6.45, 7) is 1.59. The summed E-state index contributed by atoms with van der Waals surface area (Å²) in [4.78, 5) is 15.0. The molecule has 3 rings (SSSR count). The lowest BCUT2D eigenvalue weighted by atomic mass is 10.0. The molecule has 1 amide bonds. The number of nitrogens with zero attached hydrogens (tertiary/aromatic N) is 1. The van der Waals surface area contributed by atoms with Gasteiger partial charge in [-0.15, -0.1) is 0 Å². The Morgan fingerprint density at radius 1 is 1.08 bits per heavy atom. The van der Waals surface area contributed by atoms with Crippen molar-refractivity contribution in [2.24, 2.45) is 0 Å². The van der Waals surface area contributed by atoms with Crippen molar-refractivity contribution >= 4 is 23.2 Å². The number of carbonyl (C=O) groups is 1. The van der Waals surface area contributed by atoms with E-state index >= 15 is 0 Å². The minimum absolute atomic E-state index is 0.0580. The Bertz CT molecular complexity index is 761. The highest BCUT2D eigenvalue weighted by molar-refractivity contribution is 6.32. The molecular weight excluding hydrogens is 352 g/mol. The van der Waals surface area contributed by atoms with Gasteiger partial charge in [0.25, 0.3) is 0 Å². The molecule has 1 N–H and O–H groups in total. The van der Waals surface area contributed by atoms with Crippen LogP contribution in [0.2, 0.25) is 5.02 Å². The molecule has 6 heteroatoms. The Morgan fingerprint density at radius 2 is 1.73 bits per heavy atom. The van der Waals surface area contributed by atoms with Crippen molar-refractivity contribution in [1.82, 2.24) is 4.90 Å². The molecule has 1 saturated heterocycles. The van der Waals surface area contributed by atoms with Crippen LogP contribution < -0.4 is 14.8 Å². The number of hydrogen-bond donors (Lipinski definition) is 1. The van der Waals surface area contributed by atoms with Crippen LogP contribution in [-0.2, 0) is 4.79 Å². The second-order valence-electron chi connectivity index (χ2n) is 6.21. The molecule has 1 atom stereocenters. The summed E-state index contributed by atoms with van der Waals surface area (Å²) in [5.41, 5.74) is 1.55. The molecule has 2 aromatic carbocycles. The summed E-state index contributed by atoms with van der Waals surface area (Å²) in [5, 5.41) is 3.78. The van der Waals surface area contributed by atoms with Crippen molar-refractivity contribution in [3.63, 3.8) is 0 Å². The lowest BCUT2D eigenvalue weighted by Crippen LogP contribution is -2.36. The number of ether oxygens (including phenoxy) is 2. The van der Waals surface area contributed by atoms with E-state index in [0.717, 1.165) is 31.5 Å². The van der Waals surface area contributed by atoms with Crippen molar-refractivity contribution in [3.05, 3.63) is 53.1 Å². The number of amides is 1. The first-order valence-electron chi connectivity index (χ1n) is 8.66. The fourth-order valence-corrected chi connectivity index (χ4v) is 3.42. The van der Waals surface area contributed by atoms with Crippen molar-refractivity contribution in [1.29, 1.82) is 0 Å². The van der Waals surface area contributed by atoms with Crippen LogP contribution in [0.25, 0.3) is 0 Å². The minimum atomic E-state index is -0.507. The highest BCUT2D eigenvalue weighted by Gasteiger charge is 2.28. The molecule has 0 saturated carbocycles. The molecule has 1 heterocycles. The third-order valence-corrected chi connectivity index (χ3v) is 4.87. The zero-order chi connectivity index (χ0) is 18.5. The molecule has 0 spiro atoms. The van der Waals surface area contributed by atoms with E-state index in [1.54, 1.807) is 26.4 Å². The molecule has 138 valence electrons. The Morgan fingerprint density at radius 3 is 2.35 bits per heavy atom. The molecule has 1 fully saturated rings. The second kappa shape index (κ2) is 8.32. The molecule has 26 heavy (non-hydrogen) atoms. The number of nitrogens with one attached hydrogen (secondary N) is 1. The SMILES string of the molecule is COc1cc(OC)c(NC(C(=O)N2CCCC2)c2ccccc2)cc1Cl. The summed E-state index contributed by atoms with van der Waals surface area (Å²) in [5.74, 6) is 1.15. The zero-order valence-electron chi connectivity index (χ0n) is 15.0. The monoisotopic (exact) mass is 374 g/mol. The topological polar surface area (TPSA) is 50.8 Å². The number of halogens is 1. The molecule has 0 aliphatic carbocycles. The number of hydrogen-bond acceptors (Lipinski definition) is 4. The lowest BCUT2D eigenvalue weighted by Gasteiger charge is -2.26. The van der Waals surface area contributed by atoms with Crippen molar-refractivity contribution < 1.29 is 14.3 Å². The molecule has 0 bridgehead atoms. The lowest BCUT2D eigenvalue weighted by molar-refractivity contribution is -0.131. The minimum Gasteiger partial charge on any atom is -0.495 e. The summed E-state index contributed by atoms with van der Waals surface area (Å²) < 4.78 is 10.7. The number of carbonyl (C=O) groups excluding carboxylic acids is 1. The standard InChI is InChI=1S/C20H23ClN2O3/c1-25-17-13-18(26-2)16(12-15(17)21)22-19(14-8-4-3-5-9-14)20(24)23-10-6-7-11-23/h3-5,8-9,12-13,19,22H,6-7,10-11H2,1-2H3. The summed E-state index contributed by atoms with van der Waals surface area (Å²) in [6, 6.07) is 12.6. The van der Waals surface area contributed by atoms with E-state index in [4.69, 9.17) is 21.1 Å². The van der Waals surface area contributed by atoms with Crippen molar-refractivity contribution in [3.8, 4) is 11.5 Å². The quantitative estimate of drug-likeness (QED) is 0.825. The van der Waals surface area contributed by atoms with Crippen LogP contribution in [0, 0.1) is 0 Å². The smallest absolute Gasteiger partial charge is 0.249 e. The van der Waals surface area contributed by atoms with Crippen LogP contribution in [-0.4, -0.2) is 38.1 Å². The molecule has 0 aromatic heterocycles. The van der Waals surface area contributed by atoms with Gasteiger partial charge in [-0.1, -0.05) is 41.9 Å². The Kier molecular flexibility index (Phi) is 5.89. The van der Waals surface area contributed by atoms with Crippen LogP contribution in [0.4, 0.5) is 5.69 Å². The largest absolute Gasteiger partial charge is 0.495 e. The number of anilines is 1. The molecule has 2 aromatic rings. The highest BCUT2D eigenvalue weighted by Crippen LogP contribution is 2.38. The van der Waals surface area contributed by atoms with Crippen LogP contribution >= 0.6 is 11.6 Å². The van der Waals surface area contributed by atoms with Crippen molar-refractivity contribution in [2.45, 2.75) is 18.9 Å². The molecule has 1 unspecified atom stereocenters. The normalized spacial score (nSPS) is 14.8. The van der Waals surface area contributed by atoms with E-state index in [2.05, 4.69) is 5.32 Å². The zero-order valence-corrected chi connectivity index (χ0v) is 15.8. The van der Waals surface area contributed by atoms with Crippen LogP contribution in [0.3, 0.4) is 0 Å². The molecule has 5 nitrogen and oxygen atoms in total. The average molecular weight is 375 g/mol. The van der Waals surface area contributed by atoms with Gasteiger partial charge in [-0.05, 0) is 24.5 Å².